The Bertz CT molecular complexity index is 484. The summed E-state index contributed by atoms with van der Waals surface area (Å²) in [7, 11) is 1.91. The first-order chi connectivity index (χ1) is 7.70. The molecule has 0 saturated heterocycles. The van der Waals surface area contributed by atoms with Crippen LogP contribution in [-0.4, -0.2) is 17.2 Å². The molecule has 16 heavy (non-hydrogen) atoms. The zero-order chi connectivity index (χ0) is 11.5. The van der Waals surface area contributed by atoms with Crippen LogP contribution in [0.1, 0.15) is 18.0 Å². The molecule has 2 rings (SSSR count). The Morgan fingerprint density at radius 2 is 2.19 bits per heavy atom. The van der Waals surface area contributed by atoms with E-state index in [0.717, 1.165) is 20.6 Å². The van der Waals surface area contributed by atoms with Gasteiger partial charge in [0.1, 0.15) is 10.0 Å². The molecule has 3 nitrogen and oxygen atoms in total. The van der Waals surface area contributed by atoms with E-state index >= 15 is 0 Å². The molecule has 0 aliphatic carbocycles. The van der Waals surface area contributed by atoms with Gasteiger partial charge in [0, 0.05) is 10.6 Å². The molecule has 2 aromatic rings. The zero-order valence-electron chi connectivity index (χ0n) is 9.07. The predicted octanol–water partition coefficient (Wildman–Crippen LogP) is 3.14. The second-order valence-corrected chi connectivity index (χ2v) is 4.91. The van der Waals surface area contributed by atoms with Crippen molar-refractivity contribution in [2.24, 2.45) is 0 Å². The Kier molecular flexibility index (Phi) is 3.53. The normalized spacial score (nSPS) is 12.7. The minimum atomic E-state index is 0.227. The van der Waals surface area contributed by atoms with Crippen molar-refractivity contribution in [3.05, 3.63) is 34.3 Å². The number of nitrogens with one attached hydrogen (secondary N) is 1. The third-order valence-corrected chi connectivity index (χ3v) is 3.71. The van der Waals surface area contributed by atoms with Gasteiger partial charge in [-0.05, 0) is 26.1 Å². The van der Waals surface area contributed by atoms with Crippen LogP contribution in [0.3, 0.4) is 0 Å². The Morgan fingerprint density at radius 3 is 2.88 bits per heavy atom. The molecule has 0 fully saturated rings. The number of hydrogen-bond acceptors (Lipinski definition) is 4. The van der Waals surface area contributed by atoms with E-state index in [4.69, 9.17) is 11.6 Å². The fourth-order valence-electron chi connectivity index (χ4n) is 1.27. The lowest BCUT2D eigenvalue weighted by molar-refractivity contribution is 0.640. The highest BCUT2D eigenvalue weighted by Gasteiger charge is 2.11. The standard InChI is InChI=1S/C11H12ClN3S/c1-7(13-2)10-14-15-11(16-10)8-4-3-5-9(12)6-8/h3-7,13H,1-2H3. The molecule has 0 aliphatic rings. The first-order valence-corrected chi connectivity index (χ1v) is 6.16. The summed E-state index contributed by atoms with van der Waals surface area (Å²) in [6, 6.07) is 7.88. The topological polar surface area (TPSA) is 37.8 Å². The monoisotopic (exact) mass is 253 g/mol. The van der Waals surface area contributed by atoms with Crippen molar-refractivity contribution in [1.82, 2.24) is 15.5 Å². The van der Waals surface area contributed by atoms with Crippen LogP contribution in [0.25, 0.3) is 10.6 Å². The molecule has 0 bridgehead atoms. The maximum absolute atomic E-state index is 5.94. The highest BCUT2D eigenvalue weighted by Crippen LogP contribution is 2.27. The molecule has 84 valence electrons. The van der Waals surface area contributed by atoms with Gasteiger partial charge >= 0.3 is 0 Å². The van der Waals surface area contributed by atoms with Crippen molar-refractivity contribution in [3.63, 3.8) is 0 Å². The fraction of sp³-hybridized carbons (Fsp3) is 0.273. The molecule has 0 spiro atoms. The van der Waals surface area contributed by atoms with Gasteiger partial charge in [-0.3, -0.25) is 0 Å². The van der Waals surface area contributed by atoms with Gasteiger partial charge in [0.15, 0.2) is 0 Å². The van der Waals surface area contributed by atoms with E-state index in [-0.39, 0.29) is 6.04 Å². The number of nitrogens with zero attached hydrogens (tertiary/aromatic N) is 2. The Hall–Kier alpha value is -0.970. The van der Waals surface area contributed by atoms with E-state index in [1.165, 1.54) is 0 Å². The first-order valence-electron chi connectivity index (χ1n) is 4.97. The molecule has 1 heterocycles. The molecule has 0 radical (unpaired) electrons. The summed E-state index contributed by atoms with van der Waals surface area (Å²) in [6.45, 7) is 2.06. The molecule has 1 unspecified atom stereocenters. The van der Waals surface area contributed by atoms with E-state index in [1.807, 2.05) is 31.3 Å². The van der Waals surface area contributed by atoms with E-state index in [0.29, 0.717) is 0 Å². The summed E-state index contributed by atoms with van der Waals surface area (Å²) in [6.07, 6.45) is 0. The zero-order valence-corrected chi connectivity index (χ0v) is 10.6. The average Bonchev–Trinajstić information content (AvgIpc) is 2.77. The molecule has 0 saturated carbocycles. The lowest BCUT2D eigenvalue weighted by atomic mass is 10.2. The van der Waals surface area contributed by atoms with Gasteiger partial charge in [0.05, 0.1) is 6.04 Å². The largest absolute Gasteiger partial charge is 0.311 e. The Balaban J connectivity index is 2.31. The van der Waals surface area contributed by atoms with Gasteiger partial charge in [0.25, 0.3) is 0 Å². The number of hydrogen-bond donors (Lipinski definition) is 1. The van der Waals surface area contributed by atoms with Crippen LogP contribution in [0.15, 0.2) is 24.3 Å². The van der Waals surface area contributed by atoms with Crippen LogP contribution in [0.5, 0.6) is 0 Å². The van der Waals surface area contributed by atoms with Crippen molar-refractivity contribution >= 4 is 22.9 Å². The lowest BCUT2D eigenvalue weighted by Gasteiger charge is -2.02. The molecule has 0 aliphatic heterocycles. The molecule has 0 amide bonds. The van der Waals surface area contributed by atoms with Gasteiger partial charge in [-0.25, -0.2) is 0 Å². The van der Waals surface area contributed by atoms with Crippen LogP contribution in [-0.2, 0) is 0 Å². The minimum Gasteiger partial charge on any atom is -0.311 e. The Labute approximate surface area is 103 Å². The van der Waals surface area contributed by atoms with Crippen molar-refractivity contribution in [2.75, 3.05) is 7.05 Å². The van der Waals surface area contributed by atoms with Gasteiger partial charge in [0.2, 0.25) is 0 Å². The molecular weight excluding hydrogens is 242 g/mol. The van der Waals surface area contributed by atoms with Gasteiger partial charge in [-0.2, -0.15) is 0 Å². The first kappa shape index (κ1) is 11.5. The van der Waals surface area contributed by atoms with Gasteiger partial charge in [-0.15, -0.1) is 10.2 Å². The summed E-state index contributed by atoms with van der Waals surface area (Å²) < 4.78 is 0. The summed E-state index contributed by atoms with van der Waals surface area (Å²) in [5, 5.41) is 14.1. The van der Waals surface area contributed by atoms with Crippen LogP contribution in [0.2, 0.25) is 5.02 Å². The van der Waals surface area contributed by atoms with Crippen LogP contribution in [0, 0.1) is 0 Å². The van der Waals surface area contributed by atoms with Crippen LogP contribution >= 0.6 is 22.9 Å². The number of aromatic nitrogens is 2. The third kappa shape index (κ3) is 2.40. The average molecular weight is 254 g/mol. The van der Waals surface area contributed by atoms with Crippen molar-refractivity contribution in [2.45, 2.75) is 13.0 Å². The summed E-state index contributed by atoms with van der Waals surface area (Å²) in [5.41, 5.74) is 1.01. The Morgan fingerprint density at radius 1 is 1.38 bits per heavy atom. The molecule has 1 aromatic carbocycles. The van der Waals surface area contributed by atoms with Crippen molar-refractivity contribution in [1.29, 1.82) is 0 Å². The highest BCUT2D eigenvalue weighted by molar-refractivity contribution is 7.14. The quantitative estimate of drug-likeness (QED) is 0.913. The lowest BCUT2D eigenvalue weighted by Crippen LogP contribution is -2.11. The maximum atomic E-state index is 5.94. The van der Waals surface area contributed by atoms with Crippen LogP contribution in [0.4, 0.5) is 0 Å². The molecule has 5 heteroatoms. The SMILES string of the molecule is CNC(C)c1nnc(-c2cccc(Cl)c2)s1. The highest BCUT2D eigenvalue weighted by atomic mass is 35.5. The van der Waals surface area contributed by atoms with Crippen molar-refractivity contribution in [3.8, 4) is 10.6 Å². The fourth-order valence-corrected chi connectivity index (χ4v) is 2.36. The van der Waals surface area contributed by atoms with E-state index in [2.05, 4.69) is 22.4 Å². The number of halogens is 1. The molecule has 1 atom stereocenters. The molecule has 1 aromatic heterocycles. The smallest absolute Gasteiger partial charge is 0.147 e. The van der Waals surface area contributed by atoms with E-state index < -0.39 is 0 Å². The van der Waals surface area contributed by atoms with E-state index in [1.54, 1.807) is 11.3 Å². The molecule has 1 N–H and O–H groups in total. The van der Waals surface area contributed by atoms with Crippen molar-refractivity contribution < 1.29 is 0 Å². The maximum Gasteiger partial charge on any atom is 0.147 e. The summed E-state index contributed by atoms with van der Waals surface area (Å²) >= 11 is 7.52. The van der Waals surface area contributed by atoms with Crippen LogP contribution < -0.4 is 5.32 Å². The molecular formula is C11H12ClN3S. The van der Waals surface area contributed by atoms with E-state index in [9.17, 15) is 0 Å². The second kappa shape index (κ2) is 4.91. The summed E-state index contributed by atoms with van der Waals surface area (Å²) in [4.78, 5) is 0. The third-order valence-electron chi connectivity index (χ3n) is 2.32. The minimum absolute atomic E-state index is 0.227. The predicted molar refractivity (Wildman–Crippen MR) is 67.8 cm³/mol. The summed E-state index contributed by atoms with van der Waals surface area (Å²) in [5.74, 6) is 0. The number of rotatable bonds is 3. The van der Waals surface area contributed by atoms with Gasteiger partial charge < -0.3 is 5.32 Å². The van der Waals surface area contributed by atoms with Gasteiger partial charge in [-0.1, -0.05) is 35.1 Å². The number of benzene rings is 1. The second-order valence-electron chi connectivity index (χ2n) is 3.47.